The van der Waals surface area contributed by atoms with Gasteiger partial charge in [0.25, 0.3) is 5.91 Å². The highest BCUT2D eigenvalue weighted by atomic mass is 16.5. The lowest BCUT2D eigenvalue weighted by Crippen LogP contribution is -2.44. The predicted molar refractivity (Wildman–Crippen MR) is 95.3 cm³/mol. The van der Waals surface area contributed by atoms with E-state index < -0.39 is 0 Å². The van der Waals surface area contributed by atoms with E-state index in [1.807, 2.05) is 42.5 Å². The second-order valence-electron chi connectivity index (χ2n) is 5.67. The van der Waals surface area contributed by atoms with E-state index >= 15 is 0 Å². The topological polar surface area (TPSA) is 60.0 Å². The van der Waals surface area contributed by atoms with E-state index in [2.05, 4.69) is 5.32 Å². The van der Waals surface area contributed by atoms with Crippen molar-refractivity contribution in [2.45, 2.75) is 6.17 Å². The molecule has 0 saturated carbocycles. The van der Waals surface area contributed by atoms with Crippen LogP contribution in [0.2, 0.25) is 0 Å². The molecule has 0 spiro atoms. The smallest absolute Gasteiger partial charge is 0.257 e. The van der Waals surface area contributed by atoms with Crippen molar-refractivity contribution in [3.63, 3.8) is 0 Å². The molecular weight excluding hydrogens is 320 g/mol. The van der Waals surface area contributed by atoms with Gasteiger partial charge >= 0.3 is 0 Å². The van der Waals surface area contributed by atoms with Crippen molar-refractivity contribution in [2.24, 2.45) is 0 Å². The molecule has 1 amide bonds. The standard InChI is InChI=1S/C19H22N2O4/c1-23-12-11-21-18(14-8-6-10-16(24-2)17(14)25-3)20-15-9-5-4-7-13(15)19(21)22/h4-10,18,20H,11-12H2,1-3H3/t18-/m1/s1. The lowest BCUT2D eigenvalue weighted by atomic mass is 10.0. The fraction of sp³-hybridized carbons (Fsp3) is 0.316. The van der Waals surface area contributed by atoms with Crippen molar-refractivity contribution in [3.05, 3.63) is 53.6 Å². The summed E-state index contributed by atoms with van der Waals surface area (Å²) in [6.07, 6.45) is -0.373. The summed E-state index contributed by atoms with van der Waals surface area (Å²) in [7, 11) is 4.81. The first-order valence-electron chi connectivity index (χ1n) is 8.07. The molecule has 0 saturated heterocycles. The molecule has 1 N–H and O–H groups in total. The van der Waals surface area contributed by atoms with E-state index in [4.69, 9.17) is 14.2 Å². The number of nitrogens with one attached hydrogen (secondary N) is 1. The number of methoxy groups -OCH3 is 3. The number of hydrogen-bond acceptors (Lipinski definition) is 5. The van der Waals surface area contributed by atoms with Crippen LogP contribution in [0.3, 0.4) is 0 Å². The van der Waals surface area contributed by atoms with Gasteiger partial charge in [-0.3, -0.25) is 4.79 Å². The van der Waals surface area contributed by atoms with Crippen LogP contribution in [0.25, 0.3) is 0 Å². The Labute approximate surface area is 147 Å². The Hall–Kier alpha value is -2.73. The van der Waals surface area contributed by atoms with Crippen LogP contribution >= 0.6 is 0 Å². The van der Waals surface area contributed by atoms with Gasteiger partial charge in [-0.1, -0.05) is 24.3 Å². The third kappa shape index (κ3) is 3.13. The zero-order valence-electron chi connectivity index (χ0n) is 14.6. The lowest BCUT2D eigenvalue weighted by Gasteiger charge is -2.38. The van der Waals surface area contributed by atoms with Crippen LogP contribution in [-0.2, 0) is 4.74 Å². The molecule has 25 heavy (non-hydrogen) atoms. The van der Waals surface area contributed by atoms with Gasteiger partial charge < -0.3 is 24.4 Å². The van der Waals surface area contributed by atoms with Crippen molar-refractivity contribution in [1.29, 1.82) is 0 Å². The minimum atomic E-state index is -0.373. The molecular formula is C19H22N2O4. The van der Waals surface area contributed by atoms with Crippen LogP contribution in [0.1, 0.15) is 22.1 Å². The molecule has 0 fully saturated rings. The van der Waals surface area contributed by atoms with Crippen LogP contribution < -0.4 is 14.8 Å². The van der Waals surface area contributed by atoms with Gasteiger partial charge in [-0.15, -0.1) is 0 Å². The first kappa shape index (κ1) is 17.1. The minimum Gasteiger partial charge on any atom is -0.493 e. The summed E-state index contributed by atoms with van der Waals surface area (Å²) >= 11 is 0. The highest BCUT2D eigenvalue weighted by Crippen LogP contribution is 2.40. The summed E-state index contributed by atoms with van der Waals surface area (Å²) < 4.78 is 16.2. The molecule has 0 aliphatic carbocycles. The van der Waals surface area contributed by atoms with Crippen molar-refractivity contribution in [3.8, 4) is 11.5 Å². The van der Waals surface area contributed by atoms with Gasteiger partial charge in [-0.25, -0.2) is 0 Å². The number of hydrogen-bond donors (Lipinski definition) is 1. The summed E-state index contributed by atoms with van der Waals surface area (Å²) in [5.41, 5.74) is 2.29. The van der Waals surface area contributed by atoms with E-state index in [1.165, 1.54) is 0 Å². The fourth-order valence-corrected chi connectivity index (χ4v) is 3.09. The van der Waals surface area contributed by atoms with Gasteiger partial charge in [0.2, 0.25) is 0 Å². The monoisotopic (exact) mass is 342 g/mol. The second-order valence-corrected chi connectivity index (χ2v) is 5.67. The quantitative estimate of drug-likeness (QED) is 0.875. The summed E-state index contributed by atoms with van der Waals surface area (Å²) in [6.45, 7) is 0.903. The maximum Gasteiger partial charge on any atom is 0.257 e. The summed E-state index contributed by atoms with van der Waals surface area (Å²) in [5, 5.41) is 3.44. The summed E-state index contributed by atoms with van der Waals surface area (Å²) in [4.78, 5) is 14.8. The molecule has 0 aromatic heterocycles. The van der Waals surface area contributed by atoms with E-state index in [0.717, 1.165) is 11.3 Å². The second kappa shape index (κ2) is 7.44. The summed E-state index contributed by atoms with van der Waals surface area (Å²) in [5.74, 6) is 1.19. The number of fused-ring (bicyclic) bond motifs is 1. The average Bonchev–Trinajstić information content (AvgIpc) is 2.66. The molecule has 0 unspecified atom stereocenters. The van der Waals surface area contributed by atoms with Crippen molar-refractivity contribution in [2.75, 3.05) is 39.8 Å². The number of para-hydroxylation sites is 2. The number of benzene rings is 2. The maximum absolute atomic E-state index is 13.0. The molecule has 1 aliphatic rings. The molecule has 2 aromatic rings. The molecule has 0 bridgehead atoms. The average molecular weight is 342 g/mol. The Morgan fingerprint density at radius 1 is 1.04 bits per heavy atom. The largest absolute Gasteiger partial charge is 0.493 e. The number of carbonyl (C=O) groups excluding carboxylic acids is 1. The minimum absolute atomic E-state index is 0.0405. The maximum atomic E-state index is 13.0. The van der Waals surface area contributed by atoms with Gasteiger partial charge in [0.1, 0.15) is 6.17 Å². The van der Waals surface area contributed by atoms with E-state index in [0.29, 0.717) is 30.2 Å². The first-order valence-corrected chi connectivity index (χ1v) is 8.07. The molecule has 1 heterocycles. The molecule has 132 valence electrons. The Bertz CT molecular complexity index is 763. The van der Waals surface area contributed by atoms with Gasteiger partial charge in [0, 0.05) is 24.9 Å². The van der Waals surface area contributed by atoms with Crippen molar-refractivity contribution >= 4 is 11.6 Å². The van der Waals surface area contributed by atoms with E-state index in [-0.39, 0.29) is 12.1 Å². The first-order chi connectivity index (χ1) is 12.2. The van der Waals surface area contributed by atoms with Crippen LogP contribution in [0.15, 0.2) is 42.5 Å². The SMILES string of the molecule is COCCN1C(=O)c2ccccc2N[C@H]1c1cccc(OC)c1OC. The Kier molecular flexibility index (Phi) is 5.09. The number of ether oxygens (including phenoxy) is 3. The zero-order valence-corrected chi connectivity index (χ0v) is 14.6. The van der Waals surface area contributed by atoms with Crippen LogP contribution in [0.4, 0.5) is 5.69 Å². The number of rotatable bonds is 6. The molecule has 1 aliphatic heterocycles. The van der Waals surface area contributed by atoms with Crippen molar-refractivity contribution < 1.29 is 19.0 Å². The number of nitrogens with zero attached hydrogens (tertiary/aromatic N) is 1. The third-order valence-corrected chi connectivity index (χ3v) is 4.29. The Balaban J connectivity index is 2.08. The highest BCUT2D eigenvalue weighted by molar-refractivity contribution is 6.01. The highest BCUT2D eigenvalue weighted by Gasteiger charge is 2.34. The molecule has 3 rings (SSSR count). The van der Waals surface area contributed by atoms with Gasteiger partial charge in [-0.05, 0) is 18.2 Å². The van der Waals surface area contributed by atoms with Crippen LogP contribution in [0.5, 0.6) is 11.5 Å². The van der Waals surface area contributed by atoms with Gasteiger partial charge in [0.15, 0.2) is 11.5 Å². The Morgan fingerprint density at radius 3 is 2.56 bits per heavy atom. The number of carbonyl (C=O) groups is 1. The van der Waals surface area contributed by atoms with Gasteiger partial charge in [-0.2, -0.15) is 0 Å². The summed E-state index contributed by atoms with van der Waals surface area (Å²) in [6, 6.07) is 13.1. The van der Waals surface area contributed by atoms with Crippen LogP contribution in [-0.4, -0.2) is 45.3 Å². The Morgan fingerprint density at radius 2 is 1.84 bits per heavy atom. The molecule has 0 radical (unpaired) electrons. The number of amides is 1. The zero-order chi connectivity index (χ0) is 17.8. The normalized spacial score (nSPS) is 16.2. The van der Waals surface area contributed by atoms with Gasteiger partial charge in [0.05, 0.1) is 26.4 Å². The van der Waals surface area contributed by atoms with E-state index in [9.17, 15) is 4.79 Å². The third-order valence-electron chi connectivity index (χ3n) is 4.29. The van der Waals surface area contributed by atoms with Crippen LogP contribution in [0, 0.1) is 0 Å². The van der Waals surface area contributed by atoms with E-state index in [1.54, 1.807) is 26.2 Å². The lowest BCUT2D eigenvalue weighted by molar-refractivity contribution is 0.0607. The van der Waals surface area contributed by atoms with Crippen molar-refractivity contribution in [1.82, 2.24) is 4.90 Å². The molecule has 1 atom stereocenters. The molecule has 6 nitrogen and oxygen atoms in total. The predicted octanol–water partition coefficient (Wildman–Crippen LogP) is 2.92. The molecule has 6 heteroatoms. The molecule has 2 aromatic carbocycles. The fourth-order valence-electron chi connectivity index (χ4n) is 3.09. The number of anilines is 1.